The average molecular weight is 123 g/mol. The van der Waals surface area contributed by atoms with Crippen molar-refractivity contribution in [1.82, 2.24) is 0 Å². The van der Waals surface area contributed by atoms with Gasteiger partial charge >= 0.3 is 8.69 Å². The van der Waals surface area contributed by atoms with E-state index in [-0.39, 0.29) is 6.54 Å². The molecular formula is C2H6NO3P. The first-order valence-corrected chi connectivity index (χ1v) is 2.41. The van der Waals surface area contributed by atoms with Crippen LogP contribution in [0.5, 0.6) is 0 Å². The Bertz CT molecular complexity index is 58.9. The summed E-state index contributed by atoms with van der Waals surface area (Å²) in [5, 5.41) is 8.30. The van der Waals surface area contributed by atoms with Crippen molar-refractivity contribution in [2.75, 3.05) is 6.54 Å². The molecule has 0 aromatic rings. The van der Waals surface area contributed by atoms with Crippen LogP contribution in [0.2, 0.25) is 0 Å². The van der Waals surface area contributed by atoms with Crippen molar-refractivity contribution in [2.45, 2.75) is 6.29 Å². The number of nitrogens with two attached hydrogens (primary N) is 1. The lowest BCUT2D eigenvalue weighted by atomic mass is 10.7. The van der Waals surface area contributed by atoms with Crippen molar-refractivity contribution in [3.8, 4) is 0 Å². The quantitative estimate of drug-likeness (QED) is 0.391. The highest BCUT2D eigenvalue weighted by Crippen LogP contribution is 1.96. The number of hydrogen-bond donors (Lipinski definition) is 2. The van der Waals surface area contributed by atoms with Gasteiger partial charge in [0.25, 0.3) is 0 Å². The molecule has 0 aliphatic rings. The second-order valence-corrected chi connectivity index (χ2v) is 1.23. The van der Waals surface area contributed by atoms with Crippen LogP contribution in [0, 0.1) is 0 Å². The highest BCUT2D eigenvalue weighted by molar-refractivity contribution is 7.17. The molecular weight excluding hydrogens is 117 g/mol. The van der Waals surface area contributed by atoms with Gasteiger partial charge in [0.1, 0.15) is 0 Å². The largest absolute Gasteiger partial charge is 0.366 e. The van der Waals surface area contributed by atoms with Gasteiger partial charge in [0.15, 0.2) is 6.29 Å². The molecule has 0 bridgehead atoms. The maximum absolute atomic E-state index is 9.43. The van der Waals surface area contributed by atoms with Gasteiger partial charge in [-0.3, -0.25) is 4.52 Å². The molecule has 3 N–H and O–H groups in total. The maximum atomic E-state index is 9.43. The predicted octanol–water partition coefficient (Wildman–Crippen LogP) is -0.513. The molecule has 42 valence electrons. The van der Waals surface area contributed by atoms with E-state index in [1.54, 1.807) is 0 Å². The molecule has 1 unspecified atom stereocenters. The van der Waals surface area contributed by atoms with E-state index in [2.05, 4.69) is 4.52 Å². The Balaban J connectivity index is 2.98. The minimum Gasteiger partial charge on any atom is -0.366 e. The number of hydrogen-bond acceptors (Lipinski definition) is 4. The topological polar surface area (TPSA) is 72.6 Å². The Morgan fingerprint density at radius 1 is 2.00 bits per heavy atom. The Morgan fingerprint density at radius 3 is 2.71 bits per heavy atom. The molecule has 5 heteroatoms. The Kier molecular flexibility index (Phi) is 4.14. The fourth-order valence-corrected chi connectivity index (χ4v) is 0.278. The zero-order valence-electron chi connectivity index (χ0n) is 3.57. The van der Waals surface area contributed by atoms with Gasteiger partial charge in [-0.15, -0.1) is 0 Å². The third-order valence-corrected chi connectivity index (χ3v) is 0.696. The van der Waals surface area contributed by atoms with E-state index in [4.69, 9.17) is 10.8 Å². The van der Waals surface area contributed by atoms with Crippen LogP contribution < -0.4 is 5.73 Å². The second-order valence-electron chi connectivity index (χ2n) is 0.870. The normalized spacial score (nSPS) is 14.6. The van der Waals surface area contributed by atoms with Crippen molar-refractivity contribution in [2.24, 2.45) is 5.73 Å². The van der Waals surface area contributed by atoms with Crippen molar-refractivity contribution < 1.29 is 14.2 Å². The summed E-state index contributed by atoms with van der Waals surface area (Å²) in [5.74, 6) is 0. The van der Waals surface area contributed by atoms with Gasteiger partial charge in [-0.1, -0.05) is 0 Å². The zero-order valence-corrected chi connectivity index (χ0v) is 4.47. The Morgan fingerprint density at radius 2 is 2.57 bits per heavy atom. The highest BCUT2D eigenvalue weighted by Gasteiger charge is 1.96. The van der Waals surface area contributed by atoms with Crippen LogP contribution in [0.15, 0.2) is 0 Å². The Labute approximate surface area is 42.6 Å². The summed E-state index contributed by atoms with van der Waals surface area (Å²) in [7, 11) is -0.540. The van der Waals surface area contributed by atoms with Crippen LogP contribution in [-0.2, 0) is 9.09 Å². The van der Waals surface area contributed by atoms with Crippen molar-refractivity contribution in [1.29, 1.82) is 0 Å². The van der Waals surface area contributed by atoms with E-state index < -0.39 is 15.0 Å². The standard InChI is InChI=1S/C2H6NO3P/c3-1-2(4)6-7-5/h2,4H,1,3H2. The molecule has 0 saturated carbocycles. The first kappa shape index (κ1) is 6.98. The van der Waals surface area contributed by atoms with Crippen LogP contribution in [-0.4, -0.2) is 17.9 Å². The van der Waals surface area contributed by atoms with Crippen molar-refractivity contribution in [3.05, 3.63) is 0 Å². The third kappa shape index (κ3) is 3.82. The lowest BCUT2D eigenvalue weighted by Gasteiger charge is -1.97. The lowest BCUT2D eigenvalue weighted by molar-refractivity contribution is 0.00154. The summed E-state index contributed by atoms with van der Waals surface area (Å²) in [6.07, 6.45) is -1.10. The molecule has 0 spiro atoms. The van der Waals surface area contributed by atoms with Crippen molar-refractivity contribution >= 4 is 8.69 Å². The van der Waals surface area contributed by atoms with E-state index in [0.717, 1.165) is 0 Å². The van der Waals surface area contributed by atoms with E-state index >= 15 is 0 Å². The van der Waals surface area contributed by atoms with Crippen molar-refractivity contribution in [3.63, 3.8) is 0 Å². The van der Waals surface area contributed by atoms with Crippen LogP contribution in [0.3, 0.4) is 0 Å². The summed E-state index contributed by atoms with van der Waals surface area (Å²) in [6, 6.07) is 0. The molecule has 0 saturated heterocycles. The summed E-state index contributed by atoms with van der Waals surface area (Å²) in [4.78, 5) is 0. The van der Waals surface area contributed by atoms with E-state index in [0.29, 0.717) is 0 Å². The van der Waals surface area contributed by atoms with Gasteiger partial charge in [0, 0.05) is 6.54 Å². The smallest absolute Gasteiger partial charge is 0.329 e. The SMILES string of the molecule is NCC(O)OP=O. The first-order valence-electron chi connectivity index (χ1n) is 1.68. The minimum absolute atomic E-state index is 0.0325. The van der Waals surface area contributed by atoms with Crippen LogP contribution >= 0.6 is 8.69 Å². The number of aliphatic hydroxyl groups is 1. The molecule has 4 nitrogen and oxygen atoms in total. The molecule has 0 aromatic heterocycles. The fourth-order valence-electron chi connectivity index (χ4n) is 0.0927. The zero-order chi connectivity index (χ0) is 5.70. The molecule has 1 atom stereocenters. The van der Waals surface area contributed by atoms with Crippen LogP contribution in [0.4, 0.5) is 0 Å². The summed E-state index contributed by atoms with van der Waals surface area (Å²) >= 11 is 0. The minimum atomic E-state index is -1.10. The molecule has 0 fully saturated rings. The molecule has 7 heavy (non-hydrogen) atoms. The van der Waals surface area contributed by atoms with Crippen LogP contribution in [0.25, 0.3) is 0 Å². The van der Waals surface area contributed by atoms with Gasteiger partial charge in [0.2, 0.25) is 0 Å². The summed E-state index contributed by atoms with van der Waals surface area (Å²) in [5.41, 5.74) is 4.84. The lowest BCUT2D eigenvalue weighted by Crippen LogP contribution is -2.19. The molecule has 0 aromatic carbocycles. The van der Waals surface area contributed by atoms with E-state index in [1.807, 2.05) is 0 Å². The highest BCUT2D eigenvalue weighted by atomic mass is 31.1. The molecule has 0 radical (unpaired) electrons. The number of rotatable bonds is 3. The Hall–Kier alpha value is -0.0200. The molecule has 0 aliphatic heterocycles. The molecule has 0 heterocycles. The maximum Gasteiger partial charge on any atom is 0.329 e. The molecule has 0 rings (SSSR count). The van der Waals surface area contributed by atoms with Crippen LogP contribution in [0.1, 0.15) is 0 Å². The molecule has 0 aliphatic carbocycles. The van der Waals surface area contributed by atoms with Gasteiger partial charge in [-0.05, 0) is 0 Å². The summed E-state index contributed by atoms with van der Waals surface area (Å²) in [6.45, 7) is -0.0325. The van der Waals surface area contributed by atoms with Gasteiger partial charge < -0.3 is 10.8 Å². The summed E-state index contributed by atoms with van der Waals surface area (Å²) < 4.78 is 13.5. The monoisotopic (exact) mass is 123 g/mol. The fraction of sp³-hybridized carbons (Fsp3) is 1.00. The van der Waals surface area contributed by atoms with E-state index in [9.17, 15) is 4.57 Å². The van der Waals surface area contributed by atoms with Gasteiger partial charge in [-0.2, -0.15) is 0 Å². The average Bonchev–Trinajstić information content (AvgIpc) is 1.68. The van der Waals surface area contributed by atoms with Gasteiger partial charge in [0.05, 0.1) is 0 Å². The predicted molar refractivity (Wildman–Crippen MR) is 23.8 cm³/mol. The van der Waals surface area contributed by atoms with Gasteiger partial charge in [-0.25, -0.2) is 4.57 Å². The van der Waals surface area contributed by atoms with E-state index in [1.165, 1.54) is 0 Å². The second kappa shape index (κ2) is 4.15. The third-order valence-electron chi connectivity index (χ3n) is 0.366. The number of aliphatic hydroxyl groups excluding tert-OH is 1. The first-order chi connectivity index (χ1) is 3.31. The molecule has 0 amide bonds.